The summed E-state index contributed by atoms with van der Waals surface area (Å²) in [6.07, 6.45) is 2.33. The molecule has 2 aromatic rings. The van der Waals surface area contributed by atoms with Crippen molar-refractivity contribution in [3.05, 3.63) is 71.8 Å². The molecule has 0 spiro atoms. The number of carbonyl (C=O) groups is 1. The van der Waals surface area contributed by atoms with Gasteiger partial charge in [-0.2, -0.15) is 0 Å². The van der Waals surface area contributed by atoms with E-state index in [1.807, 2.05) is 48.5 Å². The van der Waals surface area contributed by atoms with Crippen LogP contribution in [0.3, 0.4) is 0 Å². The molecule has 4 nitrogen and oxygen atoms in total. The van der Waals surface area contributed by atoms with Crippen LogP contribution < -0.4 is 0 Å². The molecule has 4 heteroatoms. The lowest BCUT2D eigenvalue weighted by atomic mass is 10.0. The van der Waals surface area contributed by atoms with Crippen molar-refractivity contribution in [3.8, 4) is 0 Å². The van der Waals surface area contributed by atoms with E-state index >= 15 is 0 Å². The minimum absolute atomic E-state index is 0.0275. The summed E-state index contributed by atoms with van der Waals surface area (Å²) >= 11 is 0. The van der Waals surface area contributed by atoms with Gasteiger partial charge in [-0.15, -0.1) is 0 Å². The molecule has 25 heavy (non-hydrogen) atoms. The maximum absolute atomic E-state index is 10.9. The number of hydrogen-bond donors (Lipinski definition) is 0. The van der Waals surface area contributed by atoms with Gasteiger partial charge in [0.2, 0.25) is 0 Å². The highest BCUT2D eigenvalue weighted by molar-refractivity contribution is 5.50. The summed E-state index contributed by atoms with van der Waals surface area (Å²) < 4.78 is 17.8. The fraction of sp³-hybridized carbons (Fsp3) is 0.381. The van der Waals surface area contributed by atoms with E-state index in [1.54, 1.807) is 0 Å². The molecule has 1 saturated heterocycles. The third-order valence-corrected chi connectivity index (χ3v) is 4.28. The molecule has 0 unspecified atom stereocenters. The molecule has 0 aromatic heterocycles. The second kappa shape index (κ2) is 9.47. The van der Waals surface area contributed by atoms with Crippen LogP contribution in [-0.4, -0.2) is 25.1 Å². The van der Waals surface area contributed by atoms with Crippen molar-refractivity contribution in [1.29, 1.82) is 0 Å². The van der Waals surface area contributed by atoms with Gasteiger partial charge < -0.3 is 19.0 Å². The van der Waals surface area contributed by atoms with Crippen molar-refractivity contribution in [2.45, 2.75) is 44.4 Å². The van der Waals surface area contributed by atoms with E-state index in [9.17, 15) is 4.79 Å². The van der Waals surface area contributed by atoms with Gasteiger partial charge in [-0.25, -0.2) is 0 Å². The lowest BCUT2D eigenvalue weighted by Gasteiger charge is -2.35. The Hall–Kier alpha value is -2.01. The van der Waals surface area contributed by atoms with Crippen LogP contribution in [-0.2, 0) is 25.6 Å². The SMILES string of the molecule is O=CC[C@@H]1C[C@H](CCOCc2ccccc2)O[C@H](c2ccccc2)O1. The normalized spacial score (nSPS) is 23.3. The van der Waals surface area contributed by atoms with E-state index in [2.05, 4.69) is 12.1 Å². The molecule has 1 aliphatic heterocycles. The summed E-state index contributed by atoms with van der Waals surface area (Å²) in [7, 11) is 0. The highest BCUT2D eigenvalue weighted by Crippen LogP contribution is 2.32. The zero-order valence-electron chi connectivity index (χ0n) is 14.3. The zero-order chi connectivity index (χ0) is 17.3. The van der Waals surface area contributed by atoms with Crippen LogP contribution in [0.1, 0.15) is 36.7 Å². The van der Waals surface area contributed by atoms with Gasteiger partial charge in [-0.05, 0) is 12.0 Å². The average Bonchev–Trinajstić information content (AvgIpc) is 2.67. The molecule has 3 atom stereocenters. The van der Waals surface area contributed by atoms with Crippen molar-refractivity contribution in [1.82, 2.24) is 0 Å². The van der Waals surface area contributed by atoms with E-state index < -0.39 is 6.29 Å². The molecule has 1 heterocycles. The largest absolute Gasteiger partial charge is 0.377 e. The topological polar surface area (TPSA) is 44.8 Å². The van der Waals surface area contributed by atoms with Crippen LogP contribution in [0.25, 0.3) is 0 Å². The summed E-state index contributed by atoms with van der Waals surface area (Å²) in [6, 6.07) is 20.0. The van der Waals surface area contributed by atoms with E-state index in [0.29, 0.717) is 19.6 Å². The van der Waals surface area contributed by atoms with Crippen LogP contribution >= 0.6 is 0 Å². The molecule has 3 rings (SSSR count). The predicted molar refractivity (Wildman–Crippen MR) is 94.9 cm³/mol. The molecule has 132 valence electrons. The number of hydrogen-bond acceptors (Lipinski definition) is 4. The van der Waals surface area contributed by atoms with Crippen LogP contribution in [0.2, 0.25) is 0 Å². The Morgan fingerprint density at radius 1 is 0.960 bits per heavy atom. The Bertz CT molecular complexity index is 629. The smallest absolute Gasteiger partial charge is 0.184 e. The van der Waals surface area contributed by atoms with Gasteiger partial charge >= 0.3 is 0 Å². The number of aldehydes is 1. The third kappa shape index (κ3) is 5.49. The molecule has 1 aliphatic rings. The monoisotopic (exact) mass is 340 g/mol. The van der Waals surface area contributed by atoms with E-state index in [1.165, 1.54) is 0 Å². The fourth-order valence-electron chi connectivity index (χ4n) is 2.98. The Kier molecular flexibility index (Phi) is 6.74. The summed E-state index contributed by atoms with van der Waals surface area (Å²) in [4.78, 5) is 10.9. The molecular weight excluding hydrogens is 316 g/mol. The van der Waals surface area contributed by atoms with Gasteiger partial charge in [0.15, 0.2) is 6.29 Å². The first kappa shape index (κ1) is 17.8. The summed E-state index contributed by atoms with van der Waals surface area (Å²) in [5, 5.41) is 0. The van der Waals surface area contributed by atoms with Crippen LogP contribution in [0, 0.1) is 0 Å². The fourth-order valence-corrected chi connectivity index (χ4v) is 2.98. The standard InChI is InChI=1S/C21H24O4/c22-13-11-19-15-20(12-14-23-16-17-7-3-1-4-8-17)25-21(24-19)18-9-5-2-6-10-18/h1-10,13,19-21H,11-12,14-16H2/t19-,20+,21-/m1/s1. The Balaban J connectivity index is 1.51. The quantitative estimate of drug-likeness (QED) is 0.537. The first-order valence-electron chi connectivity index (χ1n) is 8.76. The first-order valence-corrected chi connectivity index (χ1v) is 8.76. The first-order chi connectivity index (χ1) is 12.3. The van der Waals surface area contributed by atoms with Gasteiger partial charge in [-0.3, -0.25) is 0 Å². The number of benzene rings is 2. The van der Waals surface area contributed by atoms with Gasteiger partial charge in [0.25, 0.3) is 0 Å². The van der Waals surface area contributed by atoms with Crippen molar-refractivity contribution in [2.75, 3.05) is 6.61 Å². The van der Waals surface area contributed by atoms with Crippen molar-refractivity contribution < 1.29 is 19.0 Å². The number of carbonyl (C=O) groups excluding carboxylic acids is 1. The molecule has 1 fully saturated rings. The minimum atomic E-state index is -0.418. The molecule has 0 N–H and O–H groups in total. The maximum atomic E-state index is 10.9. The van der Waals surface area contributed by atoms with Crippen LogP contribution in [0.15, 0.2) is 60.7 Å². The van der Waals surface area contributed by atoms with E-state index in [0.717, 1.165) is 30.3 Å². The third-order valence-electron chi connectivity index (χ3n) is 4.28. The lowest BCUT2D eigenvalue weighted by molar-refractivity contribution is -0.249. The van der Waals surface area contributed by atoms with Gasteiger partial charge in [0, 0.05) is 25.0 Å². The lowest BCUT2D eigenvalue weighted by Crippen LogP contribution is -2.34. The summed E-state index contributed by atoms with van der Waals surface area (Å²) in [6.45, 7) is 1.22. The highest BCUT2D eigenvalue weighted by atomic mass is 16.7. The van der Waals surface area contributed by atoms with E-state index in [4.69, 9.17) is 14.2 Å². The number of rotatable bonds is 8. The van der Waals surface area contributed by atoms with Gasteiger partial charge in [0.1, 0.15) is 6.29 Å². The Morgan fingerprint density at radius 3 is 2.36 bits per heavy atom. The second-order valence-corrected chi connectivity index (χ2v) is 6.22. The van der Waals surface area contributed by atoms with Crippen molar-refractivity contribution in [3.63, 3.8) is 0 Å². The van der Waals surface area contributed by atoms with E-state index in [-0.39, 0.29) is 12.2 Å². The molecule has 0 aliphatic carbocycles. The Morgan fingerprint density at radius 2 is 1.64 bits per heavy atom. The van der Waals surface area contributed by atoms with Crippen molar-refractivity contribution >= 4 is 6.29 Å². The average molecular weight is 340 g/mol. The second-order valence-electron chi connectivity index (χ2n) is 6.22. The minimum Gasteiger partial charge on any atom is -0.377 e. The summed E-state index contributed by atoms with van der Waals surface area (Å²) in [5.41, 5.74) is 2.14. The molecule has 0 bridgehead atoms. The van der Waals surface area contributed by atoms with Crippen LogP contribution in [0.5, 0.6) is 0 Å². The van der Waals surface area contributed by atoms with Gasteiger partial charge in [-0.1, -0.05) is 60.7 Å². The highest BCUT2D eigenvalue weighted by Gasteiger charge is 2.30. The van der Waals surface area contributed by atoms with Crippen molar-refractivity contribution in [2.24, 2.45) is 0 Å². The maximum Gasteiger partial charge on any atom is 0.184 e. The number of ether oxygens (including phenoxy) is 3. The Labute approximate surface area is 148 Å². The predicted octanol–water partition coefficient (Wildman–Crippen LogP) is 4.06. The molecule has 0 radical (unpaired) electrons. The zero-order valence-corrected chi connectivity index (χ0v) is 14.3. The van der Waals surface area contributed by atoms with Crippen LogP contribution in [0.4, 0.5) is 0 Å². The molecule has 0 saturated carbocycles. The van der Waals surface area contributed by atoms with Gasteiger partial charge in [0.05, 0.1) is 18.8 Å². The summed E-state index contributed by atoms with van der Waals surface area (Å²) in [5.74, 6) is 0. The molecular formula is C21H24O4. The molecule has 2 aromatic carbocycles. The molecule has 0 amide bonds.